The van der Waals surface area contributed by atoms with Gasteiger partial charge in [-0.2, -0.15) is 0 Å². The largest absolute Gasteiger partial charge is 0.0680 e. The molecule has 0 heterocycles. The van der Waals surface area contributed by atoms with Gasteiger partial charge < -0.3 is 0 Å². The summed E-state index contributed by atoms with van der Waals surface area (Å²) in [7, 11) is 0.0895. The average molecular weight is 1060 g/mol. The summed E-state index contributed by atoms with van der Waals surface area (Å²) in [4.78, 5) is 0. The third-order valence-corrected chi connectivity index (χ3v) is 40.2. The van der Waals surface area contributed by atoms with Gasteiger partial charge in [-0.1, -0.05) is 0 Å². The summed E-state index contributed by atoms with van der Waals surface area (Å²) in [5.41, 5.74) is 15.0. The van der Waals surface area contributed by atoms with Crippen molar-refractivity contribution in [3.05, 3.63) is 0 Å². The average Bonchev–Trinajstić information content (AvgIpc) is 4.17. The van der Waals surface area contributed by atoms with Crippen LogP contribution < -0.4 is 0 Å². The molecule has 0 spiro atoms. The molecule has 378 valence electrons. The van der Waals surface area contributed by atoms with Gasteiger partial charge in [0.25, 0.3) is 0 Å². The molecular formula is C60H112P4Pd+4. The van der Waals surface area contributed by atoms with Crippen LogP contribution in [-0.2, 0) is 20.4 Å². The summed E-state index contributed by atoms with van der Waals surface area (Å²) in [6.07, 6.45) is 76.7. The molecule has 0 radical (unpaired) electrons. The van der Waals surface area contributed by atoms with Crippen LogP contribution in [0.1, 0.15) is 308 Å². The monoisotopic (exact) mass is 1060 g/mol. The molecule has 0 amide bonds. The molecule has 0 unspecified atom stereocenters. The SMILES string of the molecule is C1CCC([PH+](C2CCCC2)C2CCCC2)C1.C1CCC([PH+](C2CCCC2)C2CCCC2)C1.C1CCC([PH+](C2CCCC2)C2CCCC2)C1.C1CCC([PH+](C2CCCC2)C2CCCC2)C1.[Pd]. The van der Waals surface area contributed by atoms with Crippen LogP contribution in [0.4, 0.5) is 0 Å². The summed E-state index contributed by atoms with van der Waals surface area (Å²) >= 11 is 0. The Morgan fingerprint density at radius 3 is 0.246 bits per heavy atom. The first-order valence-corrected chi connectivity index (χ1v) is 38.2. The topological polar surface area (TPSA) is 0 Å². The second-order valence-corrected chi connectivity index (χ2v) is 39.6. The van der Waals surface area contributed by atoms with Gasteiger partial charge in [0.05, 0.1) is 67.9 Å². The van der Waals surface area contributed by atoms with Crippen molar-refractivity contribution in [2.24, 2.45) is 0 Å². The Morgan fingerprint density at radius 1 is 0.123 bits per heavy atom. The maximum absolute atomic E-state index is 1.63. The minimum atomic E-state index is 0. The second kappa shape index (κ2) is 29.3. The van der Waals surface area contributed by atoms with E-state index in [1.165, 1.54) is 67.9 Å². The summed E-state index contributed by atoms with van der Waals surface area (Å²) in [5.74, 6) is 0. The minimum absolute atomic E-state index is 0. The number of rotatable bonds is 12. The second-order valence-electron chi connectivity index (χ2n) is 25.8. The van der Waals surface area contributed by atoms with Crippen LogP contribution >= 0.6 is 31.7 Å². The van der Waals surface area contributed by atoms with E-state index in [9.17, 15) is 0 Å². The van der Waals surface area contributed by atoms with Crippen molar-refractivity contribution in [1.82, 2.24) is 0 Å². The quantitative estimate of drug-likeness (QED) is 0.135. The molecule has 0 nitrogen and oxygen atoms in total. The zero-order chi connectivity index (χ0) is 43.2. The van der Waals surface area contributed by atoms with E-state index < -0.39 is 0 Å². The molecule has 0 aromatic heterocycles. The fraction of sp³-hybridized carbons (Fsp3) is 1.00. The van der Waals surface area contributed by atoms with Crippen molar-refractivity contribution in [3.8, 4) is 0 Å². The van der Waals surface area contributed by atoms with Gasteiger partial charge in [-0.05, 0) is 308 Å². The van der Waals surface area contributed by atoms with Gasteiger partial charge in [0.1, 0.15) is 0 Å². The van der Waals surface area contributed by atoms with E-state index in [0.29, 0.717) is 0 Å². The van der Waals surface area contributed by atoms with Gasteiger partial charge in [0.2, 0.25) is 0 Å². The molecule has 65 heavy (non-hydrogen) atoms. The molecule has 0 saturated heterocycles. The van der Waals surface area contributed by atoms with Crippen molar-refractivity contribution in [1.29, 1.82) is 0 Å². The molecule has 12 rings (SSSR count). The zero-order valence-corrected chi connectivity index (χ0v) is 48.7. The molecular weight excluding hydrogens is 951 g/mol. The van der Waals surface area contributed by atoms with Crippen molar-refractivity contribution in [3.63, 3.8) is 0 Å². The van der Waals surface area contributed by atoms with E-state index in [0.717, 1.165) is 0 Å². The molecule has 12 fully saturated rings. The van der Waals surface area contributed by atoms with Gasteiger partial charge >= 0.3 is 0 Å². The van der Waals surface area contributed by atoms with Crippen LogP contribution in [0.3, 0.4) is 0 Å². The predicted molar refractivity (Wildman–Crippen MR) is 300 cm³/mol. The first kappa shape index (κ1) is 53.7. The molecule has 12 aliphatic rings. The molecule has 0 aromatic rings. The van der Waals surface area contributed by atoms with Gasteiger partial charge in [-0.25, -0.2) is 0 Å². The molecule has 12 aliphatic carbocycles. The Hall–Kier alpha value is 2.38. The Bertz CT molecular complexity index is 877. The van der Waals surface area contributed by atoms with E-state index in [2.05, 4.69) is 0 Å². The number of hydrogen-bond donors (Lipinski definition) is 0. The smallest absolute Gasteiger partial charge is 0.0494 e. The maximum Gasteiger partial charge on any atom is 0.0680 e. The van der Waals surface area contributed by atoms with Crippen LogP contribution in [-0.4, -0.2) is 67.9 Å². The normalized spacial score (nSPS) is 29.4. The van der Waals surface area contributed by atoms with Crippen LogP contribution in [0.5, 0.6) is 0 Å². The van der Waals surface area contributed by atoms with Crippen LogP contribution in [0.25, 0.3) is 0 Å². The molecule has 12 saturated carbocycles. The minimum Gasteiger partial charge on any atom is -0.0494 e. The van der Waals surface area contributed by atoms with Gasteiger partial charge in [0, 0.05) is 52.1 Å². The van der Waals surface area contributed by atoms with Crippen LogP contribution in [0.2, 0.25) is 0 Å². The van der Waals surface area contributed by atoms with Crippen molar-refractivity contribution < 1.29 is 20.4 Å². The van der Waals surface area contributed by atoms with Gasteiger partial charge in [-0.3, -0.25) is 0 Å². The fourth-order valence-corrected chi connectivity index (χ4v) is 40.0. The van der Waals surface area contributed by atoms with E-state index >= 15 is 0 Å². The Labute approximate surface area is 425 Å². The summed E-state index contributed by atoms with van der Waals surface area (Å²) in [6, 6.07) is 0. The fourth-order valence-electron chi connectivity index (χ4n) is 19.1. The summed E-state index contributed by atoms with van der Waals surface area (Å²) in [6.45, 7) is 0. The van der Waals surface area contributed by atoms with E-state index in [4.69, 9.17) is 0 Å². The Kier molecular flexibility index (Phi) is 24.2. The summed E-state index contributed by atoms with van der Waals surface area (Å²) < 4.78 is 0. The molecule has 0 N–H and O–H groups in total. The zero-order valence-electron chi connectivity index (χ0n) is 43.2. The first-order chi connectivity index (χ1) is 31.8. The third-order valence-electron chi connectivity index (χ3n) is 21.9. The Morgan fingerprint density at radius 2 is 0.185 bits per heavy atom. The third kappa shape index (κ3) is 15.2. The van der Waals surface area contributed by atoms with Crippen molar-refractivity contribution in [2.45, 2.75) is 376 Å². The maximum atomic E-state index is 1.63. The molecule has 0 aliphatic heterocycles. The van der Waals surface area contributed by atoms with Crippen LogP contribution in [0, 0.1) is 0 Å². The van der Waals surface area contributed by atoms with Crippen molar-refractivity contribution >= 4 is 31.7 Å². The van der Waals surface area contributed by atoms with Gasteiger partial charge in [-0.15, -0.1) is 0 Å². The predicted octanol–water partition coefficient (Wildman–Crippen LogP) is 20.1. The summed E-state index contributed by atoms with van der Waals surface area (Å²) in [5, 5.41) is 0. The number of hydrogen-bond acceptors (Lipinski definition) is 0. The van der Waals surface area contributed by atoms with E-state index in [1.54, 1.807) is 308 Å². The first-order valence-electron chi connectivity index (χ1n) is 31.3. The standard InChI is InChI=1S/4C15H27P.Pd/c4*1-2-8-13(7-1)16(14-9-3-4-10-14)15-11-5-6-12-15;/h4*13-15H,1-12H2;/p+4. The van der Waals surface area contributed by atoms with Gasteiger partial charge in [0.15, 0.2) is 0 Å². The van der Waals surface area contributed by atoms with E-state index in [-0.39, 0.29) is 52.1 Å². The van der Waals surface area contributed by atoms with E-state index in [1.807, 2.05) is 0 Å². The van der Waals surface area contributed by atoms with Crippen molar-refractivity contribution in [2.75, 3.05) is 0 Å². The molecule has 0 bridgehead atoms. The molecule has 5 heteroatoms. The Balaban J connectivity index is 0.000000118. The molecule has 0 aromatic carbocycles. The van der Waals surface area contributed by atoms with Crippen LogP contribution in [0.15, 0.2) is 0 Å². The molecule has 0 atom stereocenters.